The highest BCUT2D eigenvalue weighted by atomic mass is 16.2. The van der Waals surface area contributed by atoms with Crippen molar-refractivity contribution in [2.75, 3.05) is 5.32 Å². The second-order valence-corrected chi connectivity index (χ2v) is 8.04. The van der Waals surface area contributed by atoms with Gasteiger partial charge in [-0.15, -0.1) is 5.11 Å². The fraction of sp³-hybridized carbons (Fsp3) is 0.192. The summed E-state index contributed by atoms with van der Waals surface area (Å²) in [5, 5.41) is 11.8. The summed E-state index contributed by atoms with van der Waals surface area (Å²) >= 11 is 0. The number of hydrogen-bond donors (Lipinski definition) is 1. The van der Waals surface area contributed by atoms with E-state index in [1.54, 1.807) is 37.3 Å². The summed E-state index contributed by atoms with van der Waals surface area (Å²) in [6.07, 6.45) is 0. The van der Waals surface area contributed by atoms with E-state index in [0.717, 1.165) is 15.7 Å². The van der Waals surface area contributed by atoms with Crippen LogP contribution in [0.25, 0.3) is 10.9 Å². The number of rotatable bonds is 6. The van der Waals surface area contributed by atoms with Crippen LogP contribution in [0, 0.1) is 13.8 Å². The van der Waals surface area contributed by atoms with Crippen LogP contribution < -0.4 is 16.6 Å². The summed E-state index contributed by atoms with van der Waals surface area (Å²) in [5.41, 5.74) is 3.30. The lowest BCUT2D eigenvalue weighted by Gasteiger charge is -2.14. The Morgan fingerprint density at radius 3 is 2.32 bits per heavy atom. The third-order valence-corrected chi connectivity index (χ3v) is 5.48. The van der Waals surface area contributed by atoms with Crippen molar-refractivity contribution in [3.05, 3.63) is 98.7 Å². The minimum absolute atomic E-state index is 0.214. The molecule has 34 heavy (non-hydrogen) atoms. The maximum Gasteiger partial charge on any atom is 0.331 e. The van der Waals surface area contributed by atoms with Gasteiger partial charge in [0.05, 0.1) is 22.3 Å². The molecule has 1 aromatic heterocycles. The first-order valence-electron chi connectivity index (χ1n) is 11.0. The van der Waals surface area contributed by atoms with Crippen LogP contribution in [0.2, 0.25) is 0 Å². The lowest BCUT2D eigenvalue weighted by atomic mass is 10.2. The number of aromatic nitrogens is 2. The van der Waals surface area contributed by atoms with Gasteiger partial charge in [0.1, 0.15) is 12.2 Å². The van der Waals surface area contributed by atoms with Gasteiger partial charge < -0.3 is 5.32 Å². The van der Waals surface area contributed by atoms with E-state index in [-0.39, 0.29) is 18.6 Å². The number of fused-ring (bicyclic) bond motifs is 1. The number of para-hydroxylation sites is 1. The highest BCUT2D eigenvalue weighted by molar-refractivity contribution is 5.94. The van der Waals surface area contributed by atoms with Gasteiger partial charge in [-0.05, 0) is 62.7 Å². The molecule has 0 bridgehead atoms. The first-order chi connectivity index (χ1) is 16.4. The Hall–Kier alpha value is -4.33. The van der Waals surface area contributed by atoms with Gasteiger partial charge in [-0.3, -0.25) is 18.7 Å². The van der Waals surface area contributed by atoms with Crippen molar-refractivity contribution in [3.63, 3.8) is 0 Å². The number of carbonyl (C=O) groups is 1. The molecule has 0 aliphatic heterocycles. The molecule has 0 spiro atoms. The SMILES string of the molecule is CCn1c(=O)c2ccccc2n(CC(=O)Nc2ccc(C)cc2N=Nc2ccc(C)cc2)c1=O. The monoisotopic (exact) mass is 455 g/mol. The Balaban J connectivity index is 1.65. The molecule has 0 unspecified atom stereocenters. The van der Waals surface area contributed by atoms with E-state index in [1.165, 1.54) is 4.57 Å². The Labute approximate surface area is 196 Å². The van der Waals surface area contributed by atoms with E-state index >= 15 is 0 Å². The normalized spacial score (nSPS) is 11.3. The molecule has 4 aromatic rings. The molecule has 1 heterocycles. The molecule has 0 atom stereocenters. The van der Waals surface area contributed by atoms with Gasteiger partial charge in [-0.1, -0.05) is 35.9 Å². The Morgan fingerprint density at radius 2 is 1.59 bits per heavy atom. The van der Waals surface area contributed by atoms with Gasteiger partial charge >= 0.3 is 5.69 Å². The van der Waals surface area contributed by atoms with Crippen molar-refractivity contribution in [1.82, 2.24) is 9.13 Å². The lowest BCUT2D eigenvalue weighted by Crippen LogP contribution is -2.41. The van der Waals surface area contributed by atoms with Crippen molar-refractivity contribution in [2.45, 2.75) is 33.9 Å². The number of nitrogens with zero attached hydrogens (tertiary/aromatic N) is 4. The Kier molecular flexibility index (Phi) is 6.49. The molecule has 0 saturated heterocycles. The van der Waals surface area contributed by atoms with Crippen molar-refractivity contribution in [3.8, 4) is 0 Å². The fourth-order valence-electron chi connectivity index (χ4n) is 3.69. The summed E-state index contributed by atoms with van der Waals surface area (Å²) in [5.74, 6) is -0.413. The average molecular weight is 456 g/mol. The van der Waals surface area contributed by atoms with Gasteiger partial charge in [-0.2, -0.15) is 5.11 Å². The molecule has 0 aliphatic carbocycles. The quantitative estimate of drug-likeness (QED) is 0.421. The molecule has 8 nitrogen and oxygen atoms in total. The highest BCUT2D eigenvalue weighted by Crippen LogP contribution is 2.28. The molecule has 4 rings (SSSR count). The minimum Gasteiger partial charge on any atom is -0.323 e. The van der Waals surface area contributed by atoms with Crippen molar-refractivity contribution >= 4 is 33.9 Å². The zero-order chi connectivity index (χ0) is 24.2. The topological polar surface area (TPSA) is 97.8 Å². The maximum absolute atomic E-state index is 13.0. The summed E-state index contributed by atoms with van der Waals surface area (Å²) in [7, 11) is 0. The van der Waals surface area contributed by atoms with Gasteiger partial charge in [0.2, 0.25) is 5.91 Å². The van der Waals surface area contributed by atoms with E-state index in [4.69, 9.17) is 0 Å². The van der Waals surface area contributed by atoms with E-state index in [1.807, 2.05) is 50.2 Å². The average Bonchev–Trinajstić information content (AvgIpc) is 2.83. The van der Waals surface area contributed by atoms with Crippen LogP contribution >= 0.6 is 0 Å². The van der Waals surface area contributed by atoms with Gasteiger partial charge in [0.15, 0.2) is 0 Å². The maximum atomic E-state index is 13.0. The van der Waals surface area contributed by atoms with E-state index in [0.29, 0.717) is 28.0 Å². The second kappa shape index (κ2) is 9.66. The number of amides is 1. The van der Waals surface area contributed by atoms with Crippen molar-refractivity contribution in [1.29, 1.82) is 0 Å². The molecule has 0 fully saturated rings. The fourth-order valence-corrected chi connectivity index (χ4v) is 3.69. The molecular formula is C26H25N5O3. The number of benzene rings is 3. The van der Waals surface area contributed by atoms with Crippen LogP contribution in [0.15, 0.2) is 86.5 Å². The van der Waals surface area contributed by atoms with Crippen LogP contribution in [-0.4, -0.2) is 15.0 Å². The first kappa shape index (κ1) is 22.8. The third kappa shape index (κ3) is 4.71. The molecule has 0 aliphatic rings. The van der Waals surface area contributed by atoms with Gasteiger partial charge in [-0.25, -0.2) is 4.79 Å². The number of carbonyl (C=O) groups excluding carboxylic acids is 1. The van der Waals surface area contributed by atoms with Crippen LogP contribution in [0.3, 0.4) is 0 Å². The van der Waals surface area contributed by atoms with Crippen LogP contribution in [0.4, 0.5) is 17.1 Å². The number of nitrogens with one attached hydrogen (secondary N) is 1. The van der Waals surface area contributed by atoms with Crippen LogP contribution in [0.1, 0.15) is 18.1 Å². The zero-order valence-electron chi connectivity index (χ0n) is 19.3. The van der Waals surface area contributed by atoms with E-state index in [9.17, 15) is 14.4 Å². The predicted molar refractivity (Wildman–Crippen MR) is 133 cm³/mol. The smallest absolute Gasteiger partial charge is 0.323 e. The summed E-state index contributed by atoms with van der Waals surface area (Å²) in [6.45, 7) is 5.61. The van der Waals surface area contributed by atoms with Gasteiger partial charge in [0, 0.05) is 6.54 Å². The standard InChI is InChI=1S/C26H25N5O3/c1-4-30-25(33)20-7-5-6-8-23(20)31(26(30)34)16-24(32)27-21-14-11-18(3)15-22(21)29-28-19-12-9-17(2)10-13-19/h5-15H,4,16H2,1-3H3,(H,27,32). The molecule has 0 radical (unpaired) electrons. The predicted octanol–water partition coefficient (Wildman–Crippen LogP) is 4.85. The minimum atomic E-state index is -0.524. The molecule has 1 amide bonds. The third-order valence-electron chi connectivity index (χ3n) is 5.48. The number of azo groups is 1. The molecule has 8 heteroatoms. The Morgan fingerprint density at radius 1 is 0.882 bits per heavy atom. The molecule has 172 valence electrons. The largest absolute Gasteiger partial charge is 0.331 e. The zero-order valence-corrected chi connectivity index (χ0v) is 19.3. The van der Waals surface area contributed by atoms with Crippen molar-refractivity contribution < 1.29 is 4.79 Å². The Bertz CT molecular complexity index is 1510. The summed E-state index contributed by atoms with van der Waals surface area (Å²) in [6, 6.07) is 19.9. The number of aryl methyl sites for hydroxylation is 2. The van der Waals surface area contributed by atoms with Crippen LogP contribution in [-0.2, 0) is 17.9 Å². The molecule has 3 aromatic carbocycles. The summed E-state index contributed by atoms with van der Waals surface area (Å²) in [4.78, 5) is 38.5. The highest BCUT2D eigenvalue weighted by Gasteiger charge is 2.15. The first-order valence-corrected chi connectivity index (χ1v) is 11.0. The van der Waals surface area contributed by atoms with Gasteiger partial charge in [0.25, 0.3) is 5.56 Å². The van der Waals surface area contributed by atoms with E-state index < -0.39 is 11.6 Å². The molecule has 1 N–H and O–H groups in total. The second-order valence-electron chi connectivity index (χ2n) is 8.04. The number of anilines is 1. The molecule has 0 saturated carbocycles. The lowest BCUT2D eigenvalue weighted by molar-refractivity contribution is -0.116. The van der Waals surface area contributed by atoms with Crippen LogP contribution in [0.5, 0.6) is 0 Å². The van der Waals surface area contributed by atoms with E-state index in [2.05, 4.69) is 15.5 Å². The summed E-state index contributed by atoms with van der Waals surface area (Å²) < 4.78 is 2.44. The number of hydrogen-bond acceptors (Lipinski definition) is 5. The van der Waals surface area contributed by atoms with Crippen molar-refractivity contribution in [2.24, 2.45) is 10.2 Å². The molecular weight excluding hydrogens is 430 g/mol.